The molecule has 0 rings (SSSR count). The van der Waals surface area contributed by atoms with Gasteiger partial charge >= 0.3 is 5.97 Å². The molecule has 0 aromatic heterocycles. The summed E-state index contributed by atoms with van der Waals surface area (Å²) in [4.78, 5) is 12.8. The third-order valence-corrected chi connectivity index (χ3v) is 9.39. The van der Waals surface area contributed by atoms with E-state index in [1.54, 1.807) is 0 Å². The third kappa shape index (κ3) is 32.4. The highest BCUT2D eigenvalue weighted by Crippen LogP contribution is 2.21. The van der Waals surface area contributed by atoms with Gasteiger partial charge in [-0.05, 0) is 19.3 Å². The summed E-state index contributed by atoms with van der Waals surface area (Å²) in [5.41, 5.74) is 0. The first-order chi connectivity index (χ1) is 20.8. The fourth-order valence-corrected chi connectivity index (χ4v) is 6.36. The number of hydrogen-bond acceptors (Lipinski definition) is 2. The monoisotopic (exact) mass is 593 g/mol. The molecule has 1 unspecified atom stereocenters. The Morgan fingerprint density at radius 1 is 0.357 bits per heavy atom. The van der Waals surface area contributed by atoms with Crippen LogP contribution >= 0.6 is 0 Å². The lowest BCUT2D eigenvalue weighted by atomic mass is 9.95. The smallest absolute Gasteiger partial charge is 0.308 e. The molecule has 252 valence electrons. The van der Waals surface area contributed by atoms with Crippen LogP contribution in [0.3, 0.4) is 0 Å². The van der Waals surface area contributed by atoms with Gasteiger partial charge in [-0.25, -0.2) is 0 Å². The Kier molecular flexibility index (Phi) is 36.2. The van der Waals surface area contributed by atoms with Crippen molar-refractivity contribution in [2.75, 3.05) is 6.61 Å². The highest BCUT2D eigenvalue weighted by atomic mass is 16.5. The van der Waals surface area contributed by atoms with Crippen molar-refractivity contribution in [2.45, 2.75) is 239 Å². The topological polar surface area (TPSA) is 26.3 Å². The number of ether oxygens (including phenoxy) is 1. The zero-order valence-corrected chi connectivity index (χ0v) is 29.6. The highest BCUT2D eigenvalue weighted by Gasteiger charge is 2.19. The molecule has 0 fully saturated rings. The number of carbonyl (C=O) groups is 1. The molecule has 0 aromatic rings. The Bertz CT molecular complexity index is 502. The molecule has 0 heterocycles. The Labute approximate surface area is 266 Å². The van der Waals surface area contributed by atoms with Gasteiger partial charge in [-0.2, -0.15) is 0 Å². The minimum absolute atomic E-state index is 0.0964. The molecule has 0 amide bonds. The molecule has 0 saturated heterocycles. The van der Waals surface area contributed by atoms with Gasteiger partial charge in [0.2, 0.25) is 0 Å². The summed E-state index contributed by atoms with van der Waals surface area (Å²) in [6, 6.07) is 0. The van der Waals surface area contributed by atoms with Crippen molar-refractivity contribution in [2.24, 2.45) is 5.92 Å². The number of unbranched alkanes of at least 4 members (excludes halogenated alkanes) is 29. The largest absolute Gasteiger partial charge is 0.465 e. The maximum Gasteiger partial charge on any atom is 0.308 e. The summed E-state index contributed by atoms with van der Waals surface area (Å²) >= 11 is 0. The van der Waals surface area contributed by atoms with E-state index < -0.39 is 0 Å². The van der Waals surface area contributed by atoms with E-state index in [0.29, 0.717) is 6.61 Å². The standard InChI is InChI=1S/C40H80O2/c1-4-7-10-12-14-16-18-20-22-23-25-27-29-31-33-35-38-42-40(41)39(36-9-6-3)37-34-32-30-28-26-24-21-19-17-15-13-11-8-5-2/h39H,4-38H2,1-3H3. The summed E-state index contributed by atoms with van der Waals surface area (Å²) in [6.07, 6.45) is 45.8. The quantitative estimate of drug-likeness (QED) is 0.0534. The third-order valence-electron chi connectivity index (χ3n) is 9.39. The normalized spacial score (nSPS) is 12.2. The van der Waals surface area contributed by atoms with Crippen LogP contribution in [-0.4, -0.2) is 12.6 Å². The van der Waals surface area contributed by atoms with Crippen LogP contribution in [0.2, 0.25) is 0 Å². The second kappa shape index (κ2) is 36.7. The first-order valence-electron chi connectivity index (χ1n) is 19.9. The number of rotatable bonds is 36. The average molecular weight is 593 g/mol. The van der Waals surface area contributed by atoms with E-state index in [9.17, 15) is 4.79 Å². The van der Waals surface area contributed by atoms with Crippen LogP contribution in [-0.2, 0) is 9.53 Å². The fraction of sp³-hybridized carbons (Fsp3) is 0.975. The zero-order chi connectivity index (χ0) is 30.6. The predicted octanol–water partition coefficient (Wildman–Crippen LogP) is 14.5. The van der Waals surface area contributed by atoms with Gasteiger partial charge in [0.05, 0.1) is 12.5 Å². The van der Waals surface area contributed by atoms with Crippen LogP contribution in [0.25, 0.3) is 0 Å². The van der Waals surface area contributed by atoms with E-state index in [0.717, 1.165) is 25.7 Å². The lowest BCUT2D eigenvalue weighted by Crippen LogP contribution is -2.18. The highest BCUT2D eigenvalue weighted by molar-refractivity contribution is 5.72. The van der Waals surface area contributed by atoms with Crippen molar-refractivity contribution < 1.29 is 9.53 Å². The van der Waals surface area contributed by atoms with E-state index in [1.165, 1.54) is 193 Å². The molecule has 0 aliphatic heterocycles. The molecule has 0 aromatic carbocycles. The van der Waals surface area contributed by atoms with E-state index in [4.69, 9.17) is 4.74 Å². The van der Waals surface area contributed by atoms with Crippen LogP contribution < -0.4 is 0 Å². The van der Waals surface area contributed by atoms with E-state index in [2.05, 4.69) is 20.8 Å². The zero-order valence-electron chi connectivity index (χ0n) is 29.6. The maximum atomic E-state index is 12.8. The number of esters is 1. The molecule has 0 aliphatic carbocycles. The molecule has 0 radical (unpaired) electrons. The average Bonchev–Trinajstić information content (AvgIpc) is 3.00. The predicted molar refractivity (Wildman–Crippen MR) is 188 cm³/mol. The van der Waals surface area contributed by atoms with Crippen molar-refractivity contribution in [3.8, 4) is 0 Å². The minimum atomic E-state index is 0.0964. The van der Waals surface area contributed by atoms with Crippen LogP contribution in [0, 0.1) is 5.92 Å². The second-order valence-electron chi connectivity index (χ2n) is 13.7. The Morgan fingerprint density at radius 2 is 0.619 bits per heavy atom. The van der Waals surface area contributed by atoms with Gasteiger partial charge < -0.3 is 4.74 Å². The molecule has 2 nitrogen and oxygen atoms in total. The Hall–Kier alpha value is -0.530. The summed E-state index contributed by atoms with van der Waals surface area (Å²) in [5, 5.41) is 0. The molecular weight excluding hydrogens is 512 g/mol. The van der Waals surface area contributed by atoms with Crippen LogP contribution in [0.15, 0.2) is 0 Å². The Balaban J connectivity index is 3.58. The lowest BCUT2D eigenvalue weighted by molar-refractivity contribution is -0.149. The molecular formula is C40H80O2. The summed E-state index contributed by atoms with van der Waals surface area (Å²) in [6.45, 7) is 7.45. The van der Waals surface area contributed by atoms with Gasteiger partial charge in [-0.15, -0.1) is 0 Å². The summed E-state index contributed by atoms with van der Waals surface area (Å²) < 4.78 is 5.75. The van der Waals surface area contributed by atoms with Crippen LogP contribution in [0.5, 0.6) is 0 Å². The first-order valence-corrected chi connectivity index (χ1v) is 19.9. The molecule has 42 heavy (non-hydrogen) atoms. The van der Waals surface area contributed by atoms with Gasteiger partial charge in [0.1, 0.15) is 0 Å². The van der Waals surface area contributed by atoms with Crippen LogP contribution in [0.4, 0.5) is 0 Å². The fourth-order valence-electron chi connectivity index (χ4n) is 6.36. The molecule has 0 bridgehead atoms. The van der Waals surface area contributed by atoms with Crippen molar-refractivity contribution >= 4 is 5.97 Å². The molecule has 0 N–H and O–H groups in total. The SMILES string of the molecule is CCCCCCCCCCCCCCCCCCOC(=O)C(CCCC)CCCCCCCCCCCCCCCC. The molecule has 0 saturated carbocycles. The van der Waals surface area contributed by atoms with E-state index in [1.807, 2.05) is 0 Å². The summed E-state index contributed by atoms with van der Waals surface area (Å²) in [5.74, 6) is 0.238. The van der Waals surface area contributed by atoms with E-state index >= 15 is 0 Å². The number of hydrogen-bond donors (Lipinski definition) is 0. The van der Waals surface area contributed by atoms with Gasteiger partial charge in [-0.1, -0.05) is 220 Å². The van der Waals surface area contributed by atoms with Crippen molar-refractivity contribution in [3.05, 3.63) is 0 Å². The Morgan fingerprint density at radius 3 is 0.952 bits per heavy atom. The van der Waals surface area contributed by atoms with Crippen molar-refractivity contribution in [1.29, 1.82) is 0 Å². The van der Waals surface area contributed by atoms with Gasteiger partial charge in [0, 0.05) is 0 Å². The summed E-state index contributed by atoms with van der Waals surface area (Å²) in [7, 11) is 0. The van der Waals surface area contributed by atoms with Crippen molar-refractivity contribution in [1.82, 2.24) is 0 Å². The van der Waals surface area contributed by atoms with E-state index in [-0.39, 0.29) is 11.9 Å². The number of carbonyl (C=O) groups excluding carboxylic acids is 1. The van der Waals surface area contributed by atoms with Gasteiger partial charge in [0.25, 0.3) is 0 Å². The van der Waals surface area contributed by atoms with Gasteiger partial charge in [-0.3, -0.25) is 4.79 Å². The lowest BCUT2D eigenvalue weighted by Gasteiger charge is -2.16. The second-order valence-corrected chi connectivity index (χ2v) is 13.7. The molecule has 1 atom stereocenters. The molecule has 0 aliphatic rings. The van der Waals surface area contributed by atoms with Crippen molar-refractivity contribution in [3.63, 3.8) is 0 Å². The minimum Gasteiger partial charge on any atom is -0.465 e. The maximum absolute atomic E-state index is 12.8. The first kappa shape index (κ1) is 41.5. The molecule has 2 heteroatoms. The molecule has 0 spiro atoms. The van der Waals surface area contributed by atoms with Crippen LogP contribution in [0.1, 0.15) is 239 Å². The van der Waals surface area contributed by atoms with Gasteiger partial charge in [0.15, 0.2) is 0 Å².